The molecule has 130 valence electrons. The molecule has 4 heteroatoms. The summed E-state index contributed by atoms with van der Waals surface area (Å²) in [5, 5.41) is 11.8. The largest absolute Gasteiger partial charge is 0.490 e. The predicted molar refractivity (Wildman–Crippen MR) is 106 cm³/mol. The van der Waals surface area contributed by atoms with Crippen LogP contribution in [0.4, 0.5) is 5.69 Å². The van der Waals surface area contributed by atoms with Gasteiger partial charge in [-0.3, -0.25) is 0 Å². The van der Waals surface area contributed by atoms with Gasteiger partial charge in [0.1, 0.15) is 0 Å². The molecule has 0 aliphatic heterocycles. The molecule has 5 rings (SSSR count). The van der Waals surface area contributed by atoms with Crippen LogP contribution in [0.3, 0.4) is 0 Å². The molecule has 4 nitrogen and oxygen atoms in total. The number of methoxy groups -OCH3 is 1. The average Bonchev–Trinajstić information content (AvgIpc) is 3.09. The molecule has 0 saturated carbocycles. The molecule has 0 aliphatic carbocycles. The SMILES string of the molecule is COc1ccc2cccc3[n-][n+](=Nc4ccccc4-c4ccccc4)c1c23. The predicted octanol–water partition coefficient (Wildman–Crippen LogP) is 5.00. The Morgan fingerprint density at radius 3 is 2.48 bits per heavy atom. The van der Waals surface area contributed by atoms with E-state index in [0.717, 1.165) is 44.4 Å². The van der Waals surface area contributed by atoms with Gasteiger partial charge in [-0.1, -0.05) is 78.9 Å². The molecule has 1 aromatic heterocycles. The lowest BCUT2D eigenvalue weighted by Crippen LogP contribution is -2.20. The van der Waals surface area contributed by atoms with Crippen LogP contribution >= 0.6 is 0 Å². The summed E-state index contributed by atoms with van der Waals surface area (Å²) in [7, 11) is 1.68. The van der Waals surface area contributed by atoms with Gasteiger partial charge in [0, 0.05) is 11.2 Å². The summed E-state index contributed by atoms with van der Waals surface area (Å²) in [5.74, 6) is 0.761. The molecular formula is C23H17N3O. The van der Waals surface area contributed by atoms with Crippen LogP contribution in [-0.4, -0.2) is 7.11 Å². The summed E-state index contributed by atoms with van der Waals surface area (Å²) in [6.45, 7) is 0. The average molecular weight is 351 g/mol. The molecule has 5 aromatic rings. The van der Waals surface area contributed by atoms with Gasteiger partial charge in [0.15, 0.2) is 5.75 Å². The van der Waals surface area contributed by atoms with Crippen molar-refractivity contribution in [2.45, 2.75) is 0 Å². The summed E-state index contributed by atoms with van der Waals surface area (Å²) in [5.41, 5.74) is 4.84. The third-order valence-electron chi connectivity index (χ3n) is 4.77. The highest BCUT2D eigenvalue weighted by Crippen LogP contribution is 2.32. The maximum absolute atomic E-state index is 5.60. The van der Waals surface area contributed by atoms with E-state index in [4.69, 9.17) is 14.9 Å². The summed E-state index contributed by atoms with van der Waals surface area (Å²) < 4.78 is 7.29. The van der Waals surface area contributed by atoms with Crippen molar-refractivity contribution < 1.29 is 9.22 Å². The van der Waals surface area contributed by atoms with Crippen LogP contribution in [0.15, 0.2) is 90.0 Å². The lowest BCUT2D eigenvalue weighted by molar-refractivity contribution is -0.581. The summed E-state index contributed by atoms with van der Waals surface area (Å²) >= 11 is 0. The first-order valence-corrected chi connectivity index (χ1v) is 8.83. The summed E-state index contributed by atoms with van der Waals surface area (Å²) in [6.07, 6.45) is 0. The molecule has 0 spiro atoms. The highest BCUT2D eigenvalue weighted by molar-refractivity contribution is 6.07. The Morgan fingerprint density at radius 2 is 1.63 bits per heavy atom. The van der Waals surface area contributed by atoms with Crippen LogP contribution in [0.25, 0.3) is 32.9 Å². The number of ether oxygens (including phenoxy) is 1. The molecule has 0 saturated heterocycles. The van der Waals surface area contributed by atoms with Crippen molar-refractivity contribution >= 4 is 27.5 Å². The first-order valence-electron chi connectivity index (χ1n) is 8.83. The van der Waals surface area contributed by atoms with E-state index in [2.05, 4.69) is 30.3 Å². The zero-order chi connectivity index (χ0) is 18.2. The number of benzene rings is 4. The normalized spacial score (nSPS) is 12.1. The van der Waals surface area contributed by atoms with E-state index in [1.165, 1.54) is 0 Å². The first-order chi connectivity index (χ1) is 13.3. The van der Waals surface area contributed by atoms with Crippen LogP contribution in [-0.2, 0) is 0 Å². The van der Waals surface area contributed by atoms with E-state index in [1.54, 1.807) is 11.6 Å². The fourth-order valence-electron chi connectivity index (χ4n) is 3.52. The third kappa shape index (κ3) is 2.54. The van der Waals surface area contributed by atoms with Gasteiger partial charge in [-0.15, -0.1) is 4.48 Å². The number of nitrogens with zero attached hydrogens (tertiary/aromatic N) is 3. The van der Waals surface area contributed by atoms with Crippen molar-refractivity contribution in [3.63, 3.8) is 0 Å². The van der Waals surface area contributed by atoms with E-state index in [1.807, 2.05) is 54.6 Å². The van der Waals surface area contributed by atoms with Crippen molar-refractivity contribution in [1.29, 1.82) is 0 Å². The van der Waals surface area contributed by atoms with Gasteiger partial charge >= 0.3 is 0 Å². The standard InChI is InChI=1S/C23H17N3O/c1-27-21-15-14-17-10-7-13-20-22(17)23(21)26(25-20)24-19-12-6-5-11-18(19)16-8-3-2-4-9-16/h2-15H,1H3. The monoisotopic (exact) mass is 351 g/mol. The van der Waals surface area contributed by atoms with Crippen molar-refractivity contribution in [3.8, 4) is 16.9 Å². The Bertz CT molecular complexity index is 1310. The van der Waals surface area contributed by atoms with Crippen LogP contribution in [0.1, 0.15) is 0 Å². The molecule has 0 atom stereocenters. The molecule has 0 fully saturated rings. The minimum absolute atomic E-state index is 0.761. The second-order valence-electron chi connectivity index (χ2n) is 6.36. The van der Waals surface area contributed by atoms with Crippen molar-refractivity contribution in [2.24, 2.45) is 5.11 Å². The van der Waals surface area contributed by atoms with Crippen LogP contribution in [0, 0.1) is 0 Å². The molecule has 1 heterocycles. The molecular weight excluding hydrogens is 334 g/mol. The van der Waals surface area contributed by atoms with Gasteiger partial charge in [-0.25, -0.2) is 0 Å². The second-order valence-corrected chi connectivity index (χ2v) is 6.36. The number of aromatic nitrogens is 2. The Kier molecular flexibility index (Phi) is 3.61. The van der Waals surface area contributed by atoms with Gasteiger partial charge in [0.2, 0.25) is 0 Å². The van der Waals surface area contributed by atoms with Crippen molar-refractivity contribution in [1.82, 2.24) is 5.10 Å². The van der Waals surface area contributed by atoms with E-state index < -0.39 is 0 Å². The van der Waals surface area contributed by atoms with Crippen LogP contribution in [0.2, 0.25) is 0 Å². The lowest BCUT2D eigenvalue weighted by Gasteiger charge is -2.06. The zero-order valence-corrected chi connectivity index (χ0v) is 14.8. The number of hydrogen-bond donors (Lipinski definition) is 0. The number of rotatable bonds is 3. The topological polar surface area (TPSA) is 41.6 Å². The van der Waals surface area contributed by atoms with E-state index in [-0.39, 0.29) is 0 Å². The van der Waals surface area contributed by atoms with Gasteiger partial charge in [-0.05, 0) is 22.6 Å². The lowest BCUT2D eigenvalue weighted by atomic mass is 10.0. The maximum Gasteiger partial charge on any atom is 0.275 e. The zero-order valence-electron chi connectivity index (χ0n) is 14.8. The highest BCUT2D eigenvalue weighted by atomic mass is 16.5. The minimum Gasteiger partial charge on any atom is -0.490 e. The molecule has 0 aliphatic rings. The van der Waals surface area contributed by atoms with Gasteiger partial charge in [0.25, 0.3) is 5.52 Å². The van der Waals surface area contributed by atoms with Gasteiger partial charge in [-0.2, -0.15) is 10.2 Å². The molecule has 0 amide bonds. The van der Waals surface area contributed by atoms with Gasteiger partial charge in [0.05, 0.1) is 12.5 Å². The third-order valence-corrected chi connectivity index (χ3v) is 4.77. The molecule has 0 radical (unpaired) electrons. The maximum atomic E-state index is 5.60. The molecule has 0 unspecified atom stereocenters. The second kappa shape index (κ2) is 6.25. The summed E-state index contributed by atoms with van der Waals surface area (Å²) in [6, 6.07) is 28.5. The van der Waals surface area contributed by atoms with E-state index in [9.17, 15) is 0 Å². The molecule has 27 heavy (non-hydrogen) atoms. The van der Waals surface area contributed by atoms with Crippen LogP contribution in [0.5, 0.6) is 5.75 Å². The Morgan fingerprint density at radius 1 is 0.815 bits per heavy atom. The smallest absolute Gasteiger partial charge is 0.275 e. The first kappa shape index (κ1) is 15.6. The van der Waals surface area contributed by atoms with Crippen molar-refractivity contribution in [2.75, 3.05) is 7.11 Å². The summed E-state index contributed by atoms with van der Waals surface area (Å²) in [4.78, 5) is 0. The Hall–Kier alpha value is -3.66. The highest BCUT2D eigenvalue weighted by Gasteiger charge is 2.16. The fourth-order valence-corrected chi connectivity index (χ4v) is 3.52. The fraction of sp³-hybridized carbons (Fsp3) is 0.0435. The molecule has 0 N–H and O–H groups in total. The Labute approximate surface area is 156 Å². The quantitative estimate of drug-likeness (QED) is 0.429. The molecule has 0 bridgehead atoms. The van der Waals surface area contributed by atoms with Crippen molar-refractivity contribution in [3.05, 3.63) is 84.9 Å². The van der Waals surface area contributed by atoms with E-state index >= 15 is 0 Å². The van der Waals surface area contributed by atoms with E-state index in [0.29, 0.717) is 0 Å². The number of hydrogen-bond acceptors (Lipinski definition) is 2. The minimum atomic E-state index is 0.761. The van der Waals surface area contributed by atoms with Gasteiger partial charge < -0.3 is 4.74 Å². The van der Waals surface area contributed by atoms with Crippen LogP contribution < -0.4 is 14.3 Å². The Balaban J connectivity index is 1.83. The molecule has 4 aromatic carbocycles.